The van der Waals surface area contributed by atoms with Gasteiger partial charge < -0.3 is 5.32 Å². The van der Waals surface area contributed by atoms with Gasteiger partial charge in [-0.3, -0.25) is 0 Å². The van der Waals surface area contributed by atoms with Gasteiger partial charge in [-0.2, -0.15) is 0 Å². The minimum atomic E-state index is 1.04. The Morgan fingerprint density at radius 2 is 1.89 bits per heavy atom. The lowest BCUT2D eigenvalue weighted by molar-refractivity contribution is 0.727. The fraction of sp³-hybridized carbons (Fsp3) is 0.294. The van der Waals surface area contributed by atoms with E-state index in [0.29, 0.717) is 0 Å². The Kier molecular flexibility index (Phi) is 4.54. The lowest BCUT2D eigenvalue weighted by atomic mass is 9.98. The fourth-order valence-electron chi connectivity index (χ4n) is 2.25. The summed E-state index contributed by atoms with van der Waals surface area (Å²) in [6, 6.07) is 15.1. The van der Waals surface area contributed by atoms with Crippen LogP contribution in [-0.2, 0) is 0 Å². The van der Waals surface area contributed by atoms with Crippen LogP contribution in [-0.4, -0.2) is 13.1 Å². The molecule has 0 spiro atoms. The molecule has 0 aliphatic rings. The molecular formula is C17H21N. The molecule has 2 aromatic carbocycles. The molecule has 0 amide bonds. The molecular weight excluding hydrogens is 218 g/mol. The molecule has 94 valence electrons. The molecule has 0 saturated heterocycles. The van der Waals surface area contributed by atoms with Crippen molar-refractivity contribution >= 4 is 16.3 Å². The molecule has 0 saturated carbocycles. The Labute approximate surface area is 110 Å². The molecule has 0 aliphatic carbocycles. The van der Waals surface area contributed by atoms with Gasteiger partial charge in [0, 0.05) is 0 Å². The van der Waals surface area contributed by atoms with Crippen molar-refractivity contribution in [2.24, 2.45) is 0 Å². The van der Waals surface area contributed by atoms with Crippen molar-refractivity contribution in [3.63, 3.8) is 0 Å². The molecule has 0 fully saturated rings. The van der Waals surface area contributed by atoms with Crippen molar-refractivity contribution in [1.82, 2.24) is 5.32 Å². The van der Waals surface area contributed by atoms with E-state index < -0.39 is 0 Å². The Bertz CT molecular complexity index is 535. The van der Waals surface area contributed by atoms with Gasteiger partial charge in [-0.25, -0.2) is 0 Å². The summed E-state index contributed by atoms with van der Waals surface area (Å²) in [6.07, 6.45) is 3.41. The number of hydrogen-bond donors (Lipinski definition) is 1. The molecule has 1 N–H and O–H groups in total. The predicted octanol–water partition coefficient (Wildman–Crippen LogP) is 4.24. The van der Waals surface area contributed by atoms with Crippen molar-refractivity contribution in [3.05, 3.63) is 54.1 Å². The van der Waals surface area contributed by atoms with Gasteiger partial charge in [0.25, 0.3) is 0 Å². The molecule has 18 heavy (non-hydrogen) atoms. The maximum absolute atomic E-state index is 3.35. The maximum atomic E-state index is 3.35. The standard InChI is InChI=1S/C17H21N/c1-3-18-13-7-8-14(2)16-12-6-10-15-9-4-5-11-17(15)16/h4-6,8-12,18H,3,7,13H2,1-2H3. The first-order chi connectivity index (χ1) is 8.83. The van der Waals surface area contributed by atoms with E-state index in [1.165, 1.54) is 21.9 Å². The van der Waals surface area contributed by atoms with E-state index in [-0.39, 0.29) is 0 Å². The Hall–Kier alpha value is -1.60. The predicted molar refractivity (Wildman–Crippen MR) is 80.8 cm³/mol. The van der Waals surface area contributed by atoms with E-state index in [9.17, 15) is 0 Å². The summed E-state index contributed by atoms with van der Waals surface area (Å²) in [4.78, 5) is 0. The van der Waals surface area contributed by atoms with Gasteiger partial charge in [0.1, 0.15) is 0 Å². The highest BCUT2D eigenvalue weighted by Crippen LogP contribution is 2.24. The first-order valence-corrected chi connectivity index (χ1v) is 6.68. The van der Waals surface area contributed by atoms with Crippen LogP contribution in [0.15, 0.2) is 48.5 Å². The van der Waals surface area contributed by atoms with Crippen molar-refractivity contribution in [1.29, 1.82) is 0 Å². The molecule has 0 atom stereocenters. The normalized spacial score (nSPS) is 12.0. The van der Waals surface area contributed by atoms with Crippen LogP contribution in [0.1, 0.15) is 25.8 Å². The molecule has 0 aliphatic heterocycles. The molecule has 0 unspecified atom stereocenters. The zero-order chi connectivity index (χ0) is 12.8. The average Bonchev–Trinajstić information content (AvgIpc) is 2.43. The molecule has 0 aromatic heterocycles. The lowest BCUT2D eigenvalue weighted by Crippen LogP contribution is -2.13. The zero-order valence-electron chi connectivity index (χ0n) is 11.2. The quantitative estimate of drug-likeness (QED) is 0.769. The Morgan fingerprint density at radius 3 is 2.72 bits per heavy atom. The molecule has 2 rings (SSSR count). The summed E-state index contributed by atoms with van der Waals surface area (Å²) in [7, 11) is 0. The van der Waals surface area contributed by atoms with E-state index in [0.717, 1.165) is 19.5 Å². The number of benzene rings is 2. The monoisotopic (exact) mass is 239 g/mol. The number of hydrogen-bond acceptors (Lipinski definition) is 1. The number of fused-ring (bicyclic) bond motifs is 1. The van der Waals surface area contributed by atoms with Crippen LogP contribution in [0.2, 0.25) is 0 Å². The van der Waals surface area contributed by atoms with Gasteiger partial charge in [0.15, 0.2) is 0 Å². The summed E-state index contributed by atoms with van der Waals surface area (Å²) in [6.45, 7) is 6.44. The summed E-state index contributed by atoms with van der Waals surface area (Å²) in [5.41, 5.74) is 2.72. The topological polar surface area (TPSA) is 12.0 Å². The van der Waals surface area contributed by atoms with E-state index >= 15 is 0 Å². The minimum Gasteiger partial charge on any atom is -0.317 e. The van der Waals surface area contributed by atoms with E-state index in [1.54, 1.807) is 0 Å². The highest BCUT2D eigenvalue weighted by Gasteiger charge is 2.01. The Balaban J connectivity index is 2.24. The van der Waals surface area contributed by atoms with Gasteiger partial charge in [-0.15, -0.1) is 0 Å². The molecule has 1 nitrogen and oxygen atoms in total. The first-order valence-electron chi connectivity index (χ1n) is 6.68. The van der Waals surface area contributed by atoms with E-state index in [1.807, 2.05) is 0 Å². The van der Waals surface area contributed by atoms with Crippen LogP contribution in [0.4, 0.5) is 0 Å². The van der Waals surface area contributed by atoms with Gasteiger partial charge in [0.05, 0.1) is 0 Å². The highest BCUT2D eigenvalue weighted by atomic mass is 14.8. The molecule has 0 bridgehead atoms. The van der Waals surface area contributed by atoms with E-state index in [2.05, 4.69) is 67.7 Å². The Morgan fingerprint density at radius 1 is 1.11 bits per heavy atom. The average molecular weight is 239 g/mol. The minimum absolute atomic E-state index is 1.04. The summed E-state index contributed by atoms with van der Waals surface area (Å²) in [5.74, 6) is 0. The molecule has 1 heteroatoms. The lowest BCUT2D eigenvalue weighted by Gasteiger charge is -2.07. The van der Waals surface area contributed by atoms with Crippen molar-refractivity contribution in [2.75, 3.05) is 13.1 Å². The SMILES string of the molecule is CCNCCC=C(C)c1cccc2ccccc12. The van der Waals surface area contributed by atoms with Gasteiger partial charge >= 0.3 is 0 Å². The van der Waals surface area contributed by atoms with Crippen molar-refractivity contribution < 1.29 is 0 Å². The second-order valence-corrected chi connectivity index (χ2v) is 4.56. The largest absolute Gasteiger partial charge is 0.317 e. The van der Waals surface area contributed by atoms with E-state index in [4.69, 9.17) is 0 Å². The second-order valence-electron chi connectivity index (χ2n) is 4.56. The highest BCUT2D eigenvalue weighted by molar-refractivity contribution is 5.93. The van der Waals surface area contributed by atoms with Gasteiger partial charge in [-0.1, -0.05) is 55.5 Å². The molecule has 2 aromatic rings. The first kappa shape index (κ1) is 12.8. The fourth-order valence-corrected chi connectivity index (χ4v) is 2.25. The summed E-state index contributed by atoms with van der Waals surface area (Å²) in [5, 5.41) is 6.01. The summed E-state index contributed by atoms with van der Waals surface area (Å²) < 4.78 is 0. The van der Waals surface area contributed by atoms with Crippen molar-refractivity contribution in [3.8, 4) is 0 Å². The number of allylic oxidation sites excluding steroid dienone is 1. The van der Waals surface area contributed by atoms with Crippen LogP contribution >= 0.6 is 0 Å². The second kappa shape index (κ2) is 6.36. The van der Waals surface area contributed by atoms with Gasteiger partial charge in [-0.05, 0) is 48.3 Å². The van der Waals surface area contributed by atoms with Crippen LogP contribution < -0.4 is 5.32 Å². The smallest absolute Gasteiger partial charge is 0.00142 e. The van der Waals surface area contributed by atoms with Crippen LogP contribution in [0.25, 0.3) is 16.3 Å². The summed E-state index contributed by atoms with van der Waals surface area (Å²) >= 11 is 0. The number of rotatable bonds is 5. The number of nitrogens with one attached hydrogen (secondary N) is 1. The third-order valence-corrected chi connectivity index (χ3v) is 3.24. The third-order valence-electron chi connectivity index (χ3n) is 3.24. The molecule has 0 radical (unpaired) electrons. The third kappa shape index (κ3) is 2.99. The zero-order valence-corrected chi connectivity index (χ0v) is 11.2. The van der Waals surface area contributed by atoms with Crippen LogP contribution in [0, 0.1) is 0 Å². The molecule has 0 heterocycles. The van der Waals surface area contributed by atoms with Crippen LogP contribution in [0.5, 0.6) is 0 Å². The maximum Gasteiger partial charge on any atom is -0.00142 e. The van der Waals surface area contributed by atoms with Crippen LogP contribution in [0.3, 0.4) is 0 Å². The van der Waals surface area contributed by atoms with Crippen molar-refractivity contribution in [2.45, 2.75) is 20.3 Å². The van der Waals surface area contributed by atoms with Gasteiger partial charge in [0.2, 0.25) is 0 Å².